The molecule has 0 radical (unpaired) electrons. The molecule has 0 amide bonds. The average molecular weight is 292 g/mol. The lowest BCUT2D eigenvalue weighted by atomic mass is 9.96. The Kier molecular flexibility index (Phi) is 5.52. The van der Waals surface area contributed by atoms with Gasteiger partial charge in [-0.15, -0.1) is 0 Å². The van der Waals surface area contributed by atoms with E-state index in [2.05, 4.69) is 35.6 Å². The smallest absolute Gasteiger partial charge is 0.0966 e. The second kappa shape index (κ2) is 7.16. The Balaban J connectivity index is 2.38. The Morgan fingerprint density at radius 2 is 2.10 bits per heavy atom. The number of aliphatic hydroxyl groups is 1. The number of aromatic nitrogens is 1. The highest BCUT2D eigenvalue weighted by molar-refractivity contribution is 7.98. The summed E-state index contributed by atoms with van der Waals surface area (Å²) in [6.45, 7) is 2.12. The Morgan fingerprint density at radius 3 is 2.75 bits per heavy atom. The molecule has 0 aliphatic heterocycles. The summed E-state index contributed by atoms with van der Waals surface area (Å²) in [4.78, 5) is 3.44. The Labute approximate surface area is 125 Å². The third-order valence-corrected chi connectivity index (χ3v) is 4.51. The van der Waals surface area contributed by atoms with Crippen LogP contribution < -0.4 is 5.32 Å². The first kappa shape index (κ1) is 15.4. The maximum atomic E-state index is 10.8. The second-order valence-corrected chi connectivity index (χ2v) is 6.02. The lowest BCUT2D eigenvalue weighted by Gasteiger charge is -2.23. The minimum Gasteiger partial charge on any atom is -0.387 e. The van der Waals surface area contributed by atoms with Gasteiger partial charge >= 0.3 is 0 Å². The number of para-hydroxylation sites is 1. The van der Waals surface area contributed by atoms with Crippen LogP contribution in [0, 0.1) is 0 Å². The van der Waals surface area contributed by atoms with Gasteiger partial charge in [-0.3, -0.25) is 0 Å². The summed E-state index contributed by atoms with van der Waals surface area (Å²) < 4.78 is 0. The number of benzene rings is 1. The van der Waals surface area contributed by atoms with Crippen molar-refractivity contribution in [2.75, 3.05) is 19.1 Å². The van der Waals surface area contributed by atoms with E-state index in [0.29, 0.717) is 0 Å². The van der Waals surface area contributed by atoms with Gasteiger partial charge in [0.15, 0.2) is 0 Å². The van der Waals surface area contributed by atoms with Crippen LogP contribution in [0.2, 0.25) is 0 Å². The number of thioether (sulfide) groups is 1. The lowest BCUT2D eigenvalue weighted by molar-refractivity contribution is 0.131. The zero-order valence-electron chi connectivity index (χ0n) is 12.4. The SMILES string of the molecule is CCc1[nH]c2ccccc2c1C(O)[C@H](CCSC)NC. The van der Waals surface area contributed by atoms with E-state index < -0.39 is 6.10 Å². The van der Waals surface area contributed by atoms with E-state index in [-0.39, 0.29) is 6.04 Å². The highest BCUT2D eigenvalue weighted by Crippen LogP contribution is 2.31. The van der Waals surface area contributed by atoms with Crippen LogP contribution in [-0.4, -0.2) is 35.2 Å². The van der Waals surface area contributed by atoms with Gasteiger partial charge in [0, 0.05) is 28.2 Å². The quantitative estimate of drug-likeness (QED) is 0.735. The van der Waals surface area contributed by atoms with Gasteiger partial charge in [-0.25, -0.2) is 0 Å². The molecule has 0 spiro atoms. The van der Waals surface area contributed by atoms with Crippen molar-refractivity contribution >= 4 is 22.7 Å². The van der Waals surface area contributed by atoms with Crippen LogP contribution in [0.4, 0.5) is 0 Å². The molecule has 0 aliphatic carbocycles. The molecule has 1 aromatic heterocycles. The summed E-state index contributed by atoms with van der Waals surface area (Å²) in [6, 6.07) is 8.30. The van der Waals surface area contributed by atoms with Gasteiger partial charge < -0.3 is 15.4 Å². The number of aryl methyl sites for hydroxylation is 1. The molecule has 0 fully saturated rings. The molecule has 1 heterocycles. The fourth-order valence-corrected chi connectivity index (χ4v) is 3.23. The monoisotopic (exact) mass is 292 g/mol. The molecule has 1 unspecified atom stereocenters. The van der Waals surface area contributed by atoms with Crippen molar-refractivity contribution in [2.45, 2.75) is 31.9 Å². The molecule has 20 heavy (non-hydrogen) atoms. The predicted molar refractivity (Wildman–Crippen MR) is 88.5 cm³/mol. The minimum absolute atomic E-state index is 0.0898. The Bertz CT molecular complexity index is 552. The van der Waals surface area contributed by atoms with E-state index in [4.69, 9.17) is 0 Å². The third-order valence-electron chi connectivity index (χ3n) is 3.86. The van der Waals surface area contributed by atoms with E-state index in [1.165, 1.54) is 0 Å². The highest BCUT2D eigenvalue weighted by atomic mass is 32.2. The van der Waals surface area contributed by atoms with E-state index in [9.17, 15) is 5.11 Å². The lowest BCUT2D eigenvalue weighted by Crippen LogP contribution is -2.33. The van der Waals surface area contributed by atoms with Crippen molar-refractivity contribution in [1.82, 2.24) is 10.3 Å². The van der Waals surface area contributed by atoms with Crippen LogP contribution in [0.15, 0.2) is 24.3 Å². The summed E-state index contributed by atoms with van der Waals surface area (Å²) in [7, 11) is 1.93. The molecule has 110 valence electrons. The molecule has 0 saturated carbocycles. The van der Waals surface area contributed by atoms with Gasteiger partial charge in [0.05, 0.1) is 6.10 Å². The summed E-state index contributed by atoms with van der Waals surface area (Å²) in [5.41, 5.74) is 3.31. The van der Waals surface area contributed by atoms with E-state index in [0.717, 1.165) is 40.8 Å². The number of H-pyrrole nitrogens is 1. The first-order valence-electron chi connectivity index (χ1n) is 7.16. The van der Waals surface area contributed by atoms with Crippen LogP contribution in [0.5, 0.6) is 0 Å². The van der Waals surface area contributed by atoms with Crippen molar-refractivity contribution in [1.29, 1.82) is 0 Å². The second-order valence-electron chi connectivity index (χ2n) is 5.04. The fourth-order valence-electron chi connectivity index (χ4n) is 2.74. The predicted octanol–water partition coefficient (Wildman–Crippen LogP) is 3.10. The molecular weight excluding hydrogens is 268 g/mol. The summed E-state index contributed by atoms with van der Waals surface area (Å²) >= 11 is 1.81. The van der Waals surface area contributed by atoms with Crippen LogP contribution in [0.25, 0.3) is 10.9 Å². The number of hydrogen-bond donors (Lipinski definition) is 3. The number of fused-ring (bicyclic) bond motifs is 1. The van der Waals surface area contributed by atoms with Crippen LogP contribution in [0.1, 0.15) is 30.7 Å². The molecule has 0 bridgehead atoms. The van der Waals surface area contributed by atoms with E-state index >= 15 is 0 Å². The van der Waals surface area contributed by atoms with Gasteiger partial charge in [0.2, 0.25) is 0 Å². The minimum atomic E-state index is -0.474. The number of rotatable bonds is 7. The summed E-state index contributed by atoms with van der Waals surface area (Å²) in [6.07, 6.45) is 3.49. The number of likely N-dealkylation sites (N-methyl/N-ethyl adjacent to an activating group) is 1. The van der Waals surface area contributed by atoms with Crippen molar-refractivity contribution in [3.63, 3.8) is 0 Å². The zero-order chi connectivity index (χ0) is 14.5. The van der Waals surface area contributed by atoms with Gasteiger partial charge in [-0.05, 0) is 38.0 Å². The van der Waals surface area contributed by atoms with E-state index in [1.54, 1.807) is 0 Å². The number of aromatic amines is 1. The molecule has 2 rings (SSSR count). The molecule has 0 saturated heterocycles. The van der Waals surface area contributed by atoms with Crippen molar-refractivity contribution < 1.29 is 5.11 Å². The summed E-state index contributed by atoms with van der Waals surface area (Å²) in [5, 5.41) is 15.2. The van der Waals surface area contributed by atoms with Gasteiger partial charge in [-0.1, -0.05) is 25.1 Å². The molecule has 2 aromatic rings. The molecule has 3 nitrogen and oxygen atoms in total. The van der Waals surface area contributed by atoms with Crippen LogP contribution in [0.3, 0.4) is 0 Å². The number of aliphatic hydroxyl groups excluding tert-OH is 1. The van der Waals surface area contributed by atoms with Gasteiger partial charge in [-0.2, -0.15) is 11.8 Å². The third kappa shape index (κ3) is 3.03. The van der Waals surface area contributed by atoms with Crippen molar-refractivity contribution in [2.24, 2.45) is 0 Å². The Morgan fingerprint density at radius 1 is 1.35 bits per heavy atom. The molecule has 0 aliphatic rings. The molecule has 2 atom stereocenters. The Hall–Kier alpha value is -0.970. The maximum Gasteiger partial charge on any atom is 0.0966 e. The fraction of sp³-hybridized carbons (Fsp3) is 0.500. The highest BCUT2D eigenvalue weighted by Gasteiger charge is 2.24. The van der Waals surface area contributed by atoms with Gasteiger partial charge in [0.25, 0.3) is 0 Å². The van der Waals surface area contributed by atoms with Crippen molar-refractivity contribution in [3.8, 4) is 0 Å². The van der Waals surface area contributed by atoms with Gasteiger partial charge in [0.1, 0.15) is 0 Å². The zero-order valence-corrected chi connectivity index (χ0v) is 13.3. The first-order chi connectivity index (χ1) is 9.72. The summed E-state index contributed by atoms with van der Waals surface area (Å²) in [5.74, 6) is 1.05. The molecule has 4 heteroatoms. The number of nitrogens with one attached hydrogen (secondary N) is 2. The van der Waals surface area contributed by atoms with Crippen LogP contribution >= 0.6 is 11.8 Å². The standard InChI is InChI=1S/C16H24N2OS/c1-4-12-15(11-7-5-6-8-13(11)18-12)16(19)14(17-2)9-10-20-3/h5-8,14,16-19H,4,9-10H2,1-3H3/t14-,16?/m0/s1. The first-order valence-corrected chi connectivity index (χ1v) is 8.56. The normalized spacial score (nSPS) is 14.6. The largest absolute Gasteiger partial charge is 0.387 e. The van der Waals surface area contributed by atoms with Crippen molar-refractivity contribution in [3.05, 3.63) is 35.5 Å². The number of hydrogen-bond acceptors (Lipinski definition) is 3. The van der Waals surface area contributed by atoms with E-state index in [1.807, 2.05) is 30.9 Å². The molecule has 3 N–H and O–H groups in total. The van der Waals surface area contributed by atoms with Crippen LogP contribution in [-0.2, 0) is 6.42 Å². The maximum absolute atomic E-state index is 10.8. The average Bonchev–Trinajstić information content (AvgIpc) is 2.86. The topological polar surface area (TPSA) is 48.0 Å². The molecular formula is C16H24N2OS. The molecule has 1 aromatic carbocycles.